The molecule has 0 bridgehead atoms. The van der Waals surface area contributed by atoms with E-state index in [-0.39, 0.29) is 50.8 Å². The molecule has 0 amide bonds. The summed E-state index contributed by atoms with van der Waals surface area (Å²) in [5, 5.41) is 30.0. The van der Waals surface area contributed by atoms with E-state index in [1.54, 1.807) is 13.0 Å². The van der Waals surface area contributed by atoms with Crippen LogP contribution in [0, 0.1) is 57.7 Å². The fourth-order valence-electron chi connectivity index (χ4n) is 10.2. The number of aromatic nitrogens is 2. The van der Waals surface area contributed by atoms with E-state index in [1.165, 1.54) is 0 Å². The smallest absolute Gasteiger partial charge is 0.222 e. The number of aliphatic hydroxyl groups is 1. The molecule has 0 spiro atoms. The molecule has 1 heterocycles. The molecule has 5 aliphatic carbocycles. The molecule has 0 aliphatic heterocycles. The molecule has 3 fully saturated rings. The second-order valence-corrected chi connectivity index (χ2v) is 15.0. The number of rotatable bonds is 1. The Morgan fingerprint density at radius 3 is 2.36 bits per heavy atom. The summed E-state index contributed by atoms with van der Waals surface area (Å²) in [4.78, 5) is 27.5. The maximum atomic E-state index is 14.5. The summed E-state index contributed by atoms with van der Waals surface area (Å²) in [5.41, 5.74) is -2.31. The van der Waals surface area contributed by atoms with E-state index in [0.29, 0.717) is 18.2 Å². The first-order chi connectivity index (χ1) is 18.1. The molecule has 208 valence electrons. The highest BCUT2D eigenvalue weighted by atomic mass is 16.4. The average Bonchev–Trinajstić information content (AvgIpc) is 3.29. The number of allylic oxidation sites excluding steroid dienone is 3. The molecule has 1 N–H and O–H groups in total. The Morgan fingerprint density at radius 1 is 1.03 bits per heavy atom. The number of hydrogen-bond donors (Lipinski definition) is 1. The van der Waals surface area contributed by atoms with Crippen molar-refractivity contribution in [3.8, 4) is 6.07 Å². The SMILES string of the molecule is Cc1nnc([C@]23CCC(C)(C)C[C@H]2[C@H]2C(=O)C=C4[C@@]5(C)C=C(C#N)C(=O)[C@@](C)(O)[C@@H]5CC[C@@]4(C)[C@]2(C)CC3)o1. The van der Waals surface area contributed by atoms with E-state index in [9.17, 15) is 20.0 Å². The second-order valence-electron chi connectivity index (χ2n) is 15.0. The van der Waals surface area contributed by atoms with Crippen LogP contribution >= 0.6 is 0 Å². The van der Waals surface area contributed by atoms with Crippen LogP contribution in [0.1, 0.15) is 98.3 Å². The zero-order valence-electron chi connectivity index (χ0n) is 24.4. The molecule has 0 saturated heterocycles. The minimum atomic E-state index is -1.65. The summed E-state index contributed by atoms with van der Waals surface area (Å²) in [6.07, 6.45) is 9.67. The number of carbonyl (C=O) groups is 2. The summed E-state index contributed by atoms with van der Waals surface area (Å²) in [6, 6.07) is 2.04. The van der Waals surface area contributed by atoms with Gasteiger partial charge in [-0.1, -0.05) is 46.3 Å². The number of hydrogen-bond acceptors (Lipinski definition) is 7. The van der Waals surface area contributed by atoms with Crippen LogP contribution in [0.5, 0.6) is 0 Å². The molecule has 8 atom stereocenters. The van der Waals surface area contributed by atoms with Gasteiger partial charge in [-0.25, -0.2) is 0 Å². The van der Waals surface area contributed by atoms with Crippen LogP contribution in [0.25, 0.3) is 0 Å². The van der Waals surface area contributed by atoms with Gasteiger partial charge in [0, 0.05) is 24.2 Å². The Hall–Kier alpha value is -2.59. The Morgan fingerprint density at radius 2 is 1.72 bits per heavy atom. The quantitative estimate of drug-likeness (QED) is 0.503. The minimum absolute atomic E-state index is 0.00733. The third kappa shape index (κ3) is 3.18. The fraction of sp³-hybridized carbons (Fsp3) is 0.719. The Balaban J connectivity index is 1.54. The first-order valence-corrected chi connectivity index (χ1v) is 14.5. The monoisotopic (exact) mass is 531 g/mol. The van der Waals surface area contributed by atoms with E-state index in [0.717, 1.165) is 44.1 Å². The second kappa shape index (κ2) is 7.78. The Kier molecular flexibility index (Phi) is 5.31. The number of ketones is 2. The van der Waals surface area contributed by atoms with E-state index in [1.807, 2.05) is 26.0 Å². The van der Waals surface area contributed by atoms with Crippen molar-refractivity contribution in [1.29, 1.82) is 5.26 Å². The van der Waals surface area contributed by atoms with Gasteiger partial charge in [0.15, 0.2) is 5.78 Å². The van der Waals surface area contributed by atoms with Crippen LogP contribution in [0.4, 0.5) is 0 Å². The molecule has 7 nitrogen and oxygen atoms in total. The Bertz CT molecular complexity index is 1390. The van der Waals surface area contributed by atoms with Gasteiger partial charge < -0.3 is 9.52 Å². The van der Waals surface area contributed by atoms with Gasteiger partial charge in [-0.3, -0.25) is 9.59 Å². The van der Waals surface area contributed by atoms with Crippen LogP contribution < -0.4 is 0 Å². The summed E-state index contributed by atoms with van der Waals surface area (Å²) in [6.45, 7) is 14.6. The molecule has 5 aliphatic rings. The Labute approximate surface area is 231 Å². The lowest BCUT2D eigenvalue weighted by Crippen LogP contribution is -2.66. The van der Waals surface area contributed by atoms with Crippen molar-refractivity contribution in [3.63, 3.8) is 0 Å². The predicted octanol–water partition coefficient (Wildman–Crippen LogP) is 5.57. The summed E-state index contributed by atoms with van der Waals surface area (Å²) in [7, 11) is 0. The van der Waals surface area contributed by atoms with Crippen LogP contribution in [0.2, 0.25) is 0 Å². The van der Waals surface area contributed by atoms with Crippen molar-refractivity contribution in [2.75, 3.05) is 0 Å². The predicted molar refractivity (Wildman–Crippen MR) is 144 cm³/mol. The van der Waals surface area contributed by atoms with E-state index in [4.69, 9.17) is 4.42 Å². The number of carbonyl (C=O) groups excluding carboxylic acids is 2. The van der Waals surface area contributed by atoms with Crippen LogP contribution in [0.15, 0.2) is 27.7 Å². The maximum Gasteiger partial charge on any atom is 0.222 e. The maximum absolute atomic E-state index is 14.5. The van der Waals surface area contributed by atoms with E-state index >= 15 is 0 Å². The standard InChI is InChI=1S/C32H41N3O4/c1-18-34-35-26(39-18)32-12-10-27(2,3)16-20(32)24-21(36)14-23-28(4)15-19(17-33)25(37)31(7,38)22(28)8-9-29(23,5)30(24,6)11-13-32/h14-15,20,22,24,38H,8-13,16H2,1-7H3/t20-,22+,24-,28-,29+,30+,31-,32-/m0/s1. The average molecular weight is 532 g/mol. The number of Topliss-reactive ketones (excluding diaryl/α,β-unsaturated/α-hetero) is 1. The van der Waals surface area contributed by atoms with Gasteiger partial charge in [0.25, 0.3) is 0 Å². The topological polar surface area (TPSA) is 117 Å². The summed E-state index contributed by atoms with van der Waals surface area (Å²) in [5.74, 6) is 0.355. The molecule has 1 aromatic heterocycles. The van der Waals surface area contributed by atoms with Crippen LogP contribution in [0.3, 0.4) is 0 Å². The molecule has 1 aromatic rings. The molecule has 7 heteroatoms. The van der Waals surface area contributed by atoms with Crippen LogP contribution in [-0.2, 0) is 15.0 Å². The largest absolute Gasteiger partial charge is 0.425 e. The van der Waals surface area contributed by atoms with E-state index < -0.39 is 16.8 Å². The number of nitriles is 1. The first kappa shape index (κ1) is 26.6. The van der Waals surface area contributed by atoms with Crippen molar-refractivity contribution in [2.45, 2.75) is 104 Å². The molecule has 39 heavy (non-hydrogen) atoms. The van der Waals surface area contributed by atoms with Crippen molar-refractivity contribution < 1.29 is 19.1 Å². The van der Waals surface area contributed by atoms with Gasteiger partial charge in [-0.2, -0.15) is 5.26 Å². The van der Waals surface area contributed by atoms with Crippen molar-refractivity contribution >= 4 is 11.6 Å². The summed E-state index contributed by atoms with van der Waals surface area (Å²) >= 11 is 0. The van der Waals surface area contributed by atoms with Gasteiger partial charge in [0.1, 0.15) is 11.7 Å². The lowest BCUT2D eigenvalue weighted by atomic mass is 9.34. The van der Waals surface area contributed by atoms with Crippen LogP contribution in [-0.4, -0.2) is 32.5 Å². The minimum Gasteiger partial charge on any atom is -0.425 e. The highest BCUT2D eigenvalue weighted by Gasteiger charge is 2.71. The number of nitrogens with zero attached hydrogens (tertiary/aromatic N) is 3. The van der Waals surface area contributed by atoms with Gasteiger partial charge >= 0.3 is 0 Å². The van der Waals surface area contributed by atoms with Crippen molar-refractivity contribution in [2.24, 2.45) is 39.4 Å². The normalized spacial score (nSPS) is 46.6. The van der Waals surface area contributed by atoms with E-state index in [2.05, 4.69) is 37.9 Å². The highest BCUT2D eigenvalue weighted by molar-refractivity contribution is 6.06. The first-order valence-electron chi connectivity index (χ1n) is 14.5. The lowest BCUT2D eigenvalue weighted by molar-refractivity contribution is -0.167. The lowest BCUT2D eigenvalue weighted by Gasteiger charge is -2.68. The fourth-order valence-corrected chi connectivity index (χ4v) is 10.2. The molecule has 3 saturated carbocycles. The molecular weight excluding hydrogens is 490 g/mol. The molecule has 0 aromatic carbocycles. The van der Waals surface area contributed by atoms with Gasteiger partial charge in [-0.05, 0) is 80.1 Å². The molecule has 0 unspecified atom stereocenters. The van der Waals surface area contributed by atoms with Gasteiger partial charge in [0.2, 0.25) is 17.6 Å². The zero-order valence-corrected chi connectivity index (χ0v) is 24.4. The van der Waals surface area contributed by atoms with Gasteiger partial charge in [0.05, 0.1) is 11.0 Å². The number of aryl methyl sites for hydroxylation is 1. The highest BCUT2D eigenvalue weighted by Crippen LogP contribution is 2.74. The van der Waals surface area contributed by atoms with Gasteiger partial charge in [-0.15, -0.1) is 10.2 Å². The third-order valence-corrected chi connectivity index (χ3v) is 12.5. The number of fused-ring (bicyclic) bond motifs is 7. The van der Waals surface area contributed by atoms with Crippen molar-refractivity contribution in [3.05, 3.63) is 35.1 Å². The molecule has 0 radical (unpaired) electrons. The zero-order chi connectivity index (χ0) is 28.4. The summed E-state index contributed by atoms with van der Waals surface area (Å²) < 4.78 is 6.13. The molecule has 6 rings (SSSR count). The third-order valence-electron chi connectivity index (χ3n) is 12.5. The van der Waals surface area contributed by atoms with Crippen molar-refractivity contribution in [1.82, 2.24) is 10.2 Å². The molecular formula is C32H41N3O4.